The molecule has 0 saturated carbocycles. The number of aryl methyl sites for hydroxylation is 1. The monoisotopic (exact) mass is 414 g/mol. The minimum Gasteiger partial charge on any atom is -0.370 e. The topological polar surface area (TPSA) is 128 Å². The van der Waals surface area contributed by atoms with Crippen LogP contribution < -0.4 is 10.6 Å². The molecule has 0 aliphatic carbocycles. The van der Waals surface area contributed by atoms with E-state index in [2.05, 4.69) is 4.98 Å². The zero-order valence-electron chi connectivity index (χ0n) is 17.0. The lowest BCUT2D eigenvalue weighted by Gasteiger charge is -2.35. The molecule has 160 valence electrons. The number of piperazine rings is 1. The van der Waals surface area contributed by atoms with E-state index in [0.29, 0.717) is 50.8 Å². The summed E-state index contributed by atoms with van der Waals surface area (Å²) in [5.41, 5.74) is 6.15. The third-order valence-electron chi connectivity index (χ3n) is 5.19. The van der Waals surface area contributed by atoms with E-state index in [1.165, 1.54) is 0 Å². The number of aromatic nitrogens is 2. The van der Waals surface area contributed by atoms with Crippen LogP contribution >= 0.6 is 0 Å². The second kappa shape index (κ2) is 9.38. The normalized spacial score (nSPS) is 14.0. The van der Waals surface area contributed by atoms with Crippen LogP contribution in [0.25, 0.3) is 0 Å². The molecule has 30 heavy (non-hydrogen) atoms. The Kier molecular flexibility index (Phi) is 6.65. The molecule has 1 saturated heterocycles. The Morgan fingerprint density at radius 2 is 1.80 bits per heavy atom. The molecular formula is C20H26N6O4. The van der Waals surface area contributed by atoms with E-state index in [-0.39, 0.29) is 24.6 Å². The summed E-state index contributed by atoms with van der Waals surface area (Å²) >= 11 is 0. The summed E-state index contributed by atoms with van der Waals surface area (Å²) in [6, 6.07) is 9.75. The fraction of sp³-hybridized carbons (Fsp3) is 0.450. The first-order valence-corrected chi connectivity index (χ1v) is 9.99. The lowest BCUT2D eigenvalue weighted by molar-refractivity contribution is -0.388. The van der Waals surface area contributed by atoms with Gasteiger partial charge in [-0.25, -0.2) is 0 Å². The molecule has 2 heterocycles. The molecule has 0 radical (unpaired) electrons. The number of carbonyl (C=O) groups excluding carboxylic acids is 2. The number of rotatable bonds is 8. The number of hydrogen-bond donors (Lipinski definition) is 1. The second-order valence-electron chi connectivity index (χ2n) is 7.19. The smallest absolute Gasteiger partial charge is 0.370 e. The summed E-state index contributed by atoms with van der Waals surface area (Å²) in [6.45, 7) is 4.16. The van der Waals surface area contributed by atoms with Gasteiger partial charge in [-0.15, -0.1) is 0 Å². The van der Waals surface area contributed by atoms with Gasteiger partial charge in [-0.1, -0.05) is 37.3 Å². The predicted octanol–water partition coefficient (Wildman–Crippen LogP) is 1.32. The molecule has 0 spiro atoms. The van der Waals surface area contributed by atoms with Crippen molar-refractivity contribution in [2.75, 3.05) is 31.1 Å². The third kappa shape index (κ3) is 4.76. The van der Waals surface area contributed by atoms with E-state index < -0.39 is 10.8 Å². The maximum atomic E-state index is 12.3. The average molecular weight is 414 g/mol. The van der Waals surface area contributed by atoms with E-state index in [1.54, 1.807) is 4.90 Å². The minimum atomic E-state index is -0.505. The van der Waals surface area contributed by atoms with E-state index in [4.69, 9.17) is 5.73 Å². The highest BCUT2D eigenvalue weighted by atomic mass is 16.6. The van der Waals surface area contributed by atoms with Gasteiger partial charge >= 0.3 is 5.82 Å². The van der Waals surface area contributed by atoms with Gasteiger partial charge in [-0.3, -0.25) is 14.2 Å². The Morgan fingerprint density at radius 1 is 1.13 bits per heavy atom. The fourth-order valence-corrected chi connectivity index (χ4v) is 3.67. The Hall–Kier alpha value is -3.43. The minimum absolute atomic E-state index is 0.0220. The van der Waals surface area contributed by atoms with E-state index in [0.717, 1.165) is 5.56 Å². The van der Waals surface area contributed by atoms with Crippen molar-refractivity contribution in [3.8, 4) is 0 Å². The zero-order valence-corrected chi connectivity index (χ0v) is 17.0. The Bertz CT molecular complexity index is 919. The molecular weight excluding hydrogens is 388 g/mol. The molecule has 1 aromatic carbocycles. The van der Waals surface area contributed by atoms with Crippen LogP contribution in [0.2, 0.25) is 0 Å². The molecule has 0 atom stereocenters. The molecule has 0 unspecified atom stereocenters. The van der Waals surface area contributed by atoms with Crippen molar-refractivity contribution in [3.63, 3.8) is 0 Å². The van der Waals surface area contributed by atoms with Gasteiger partial charge in [0.15, 0.2) is 0 Å². The number of imidazole rings is 1. The molecule has 10 nitrogen and oxygen atoms in total. The van der Waals surface area contributed by atoms with Crippen molar-refractivity contribution in [2.45, 2.75) is 32.7 Å². The van der Waals surface area contributed by atoms with E-state index >= 15 is 0 Å². The average Bonchev–Trinajstić information content (AvgIpc) is 3.11. The number of amides is 2. The van der Waals surface area contributed by atoms with Crippen molar-refractivity contribution < 1.29 is 14.5 Å². The summed E-state index contributed by atoms with van der Waals surface area (Å²) in [6.07, 6.45) is 0.675. The van der Waals surface area contributed by atoms with Gasteiger partial charge in [0.1, 0.15) is 0 Å². The highest BCUT2D eigenvalue weighted by molar-refractivity contribution is 5.83. The Morgan fingerprint density at radius 3 is 2.37 bits per heavy atom. The summed E-state index contributed by atoms with van der Waals surface area (Å²) in [5, 5.41) is 11.7. The summed E-state index contributed by atoms with van der Waals surface area (Å²) < 4.78 is 1.90. The van der Waals surface area contributed by atoms with Crippen molar-refractivity contribution in [1.29, 1.82) is 0 Å². The molecule has 2 N–H and O–H groups in total. The maximum Gasteiger partial charge on any atom is 0.406 e. The van der Waals surface area contributed by atoms with Gasteiger partial charge in [-0.05, 0) is 15.5 Å². The van der Waals surface area contributed by atoms with Gasteiger partial charge in [0.05, 0.1) is 6.54 Å². The van der Waals surface area contributed by atoms with Crippen LogP contribution in [-0.4, -0.2) is 57.4 Å². The van der Waals surface area contributed by atoms with Crippen LogP contribution in [-0.2, 0) is 22.6 Å². The van der Waals surface area contributed by atoms with Crippen LogP contribution in [0.3, 0.4) is 0 Å². The Labute approximate surface area is 174 Å². The molecule has 1 aliphatic heterocycles. The molecule has 3 rings (SSSR count). The quantitative estimate of drug-likeness (QED) is 0.512. The Balaban J connectivity index is 1.82. The summed E-state index contributed by atoms with van der Waals surface area (Å²) in [5.74, 6) is 0.339. The van der Waals surface area contributed by atoms with Gasteiger partial charge < -0.3 is 25.6 Å². The molecule has 0 bridgehead atoms. The maximum absolute atomic E-state index is 12.3. The van der Waals surface area contributed by atoms with Crippen LogP contribution in [0.5, 0.6) is 0 Å². The van der Waals surface area contributed by atoms with Gasteiger partial charge in [-0.2, -0.15) is 0 Å². The van der Waals surface area contributed by atoms with Crippen molar-refractivity contribution >= 4 is 23.5 Å². The van der Waals surface area contributed by atoms with Crippen molar-refractivity contribution in [3.05, 3.63) is 51.8 Å². The number of nitrogens with zero attached hydrogens (tertiary/aromatic N) is 5. The zero-order chi connectivity index (χ0) is 21.7. The number of carbonyl (C=O) groups is 2. The standard InChI is InChI=1S/C20H26N6O4/c1-2-17-22-19(26(29)30)20(25(17)14-15-6-4-3-5-7-15)24-12-10-23(11-13-24)18(28)9-8-16(21)27/h3-7H,2,8-14H2,1H3,(H2,21,27). The fourth-order valence-electron chi connectivity index (χ4n) is 3.67. The van der Waals surface area contributed by atoms with Gasteiger partial charge in [0.2, 0.25) is 23.5 Å². The third-order valence-corrected chi connectivity index (χ3v) is 5.19. The van der Waals surface area contributed by atoms with Gasteiger partial charge in [0.25, 0.3) is 0 Å². The van der Waals surface area contributed by atoms with Crippen molar-refractivity contribution in [1.82, 2.24) is 14.5 Å². The largest absolute Gasteiger partial charge is 0.406 e. The van der Waals surface area contributed by atoms with E-state index in [9.17, 15) is 19.7 Å². The number of nitrogens with two attached hydrogens (primary N) is 1. The first-order chi connectivity index (χ1) is 14.4. The molecule has 1 aromatic heterocycles. The molecule has 2 amide bonds. The van der Waals surface area contributed by atoms with Gasteiger partial charge in [0, 0.05) is 45.4 Å². The van der Waals surface area contributed by atoms with Crippen LogP contribution in [0.15, 0.2) is 30.3 Å². The number of benzene rings is 1. The summed E-state index contributed by atoms with van der Waals surface area (Å²) in [7, 11) is 0. The molecule has 1 aliphatic rings. The molecule has 1 fully saturated rings. The van der Waals surface area contributed by atoms with E-state index in [1.807, 2.05) is 46.7 Å². The van der Waals surface area contributed by atoms with Crippen LogP contribution in [0.4, 0.5) is 11.6 Å². The molecule has 2 aromatic rings. The SMILES string of the molecule is CCc1nc([N+](=O)[O-])c(N2CCN(C(=O)CCC(N)=O)CC2)n1Cc1ccccc1. The highest BCUT2D eigenvalue weighted by Gasteiger charge is 2.33. The van der Waals surface area contributed by atoms with Crippen molar-refractivity contribution in [2.24, 2.45) is 5.73 Å². The number of nitro groups is 1. The van der Waals surface area contributed by atoms with Crippen LogP contribution in [0, 0.1) is 10.1 Å². The first-order valence-electron chi connectivity index (χ1n) is 9.99. The number of primary amides is 1. The predicted molar refractivity (Wildman–Crippen MR) is 111 cm³/mol. The molecule has 10 heteroatoms. The number of hydrogen-bond acceptors (Lipinski definition) is 6. The highest BCUT2D eigenvalue weighted by Crippen LogP contribution is 2.31. The lowest BCUT2D eigenvalue weighted by atomic mass is 10.2. The number of anilines is 1. The first kappa shape index (κ1) is 21.3. The lowest BCUT2D eigenvalue weighted by Crippen LogP contribution is -2.49. The second-order valence-corrected chi connectivity index (χ2v) is 7.19. The summed E-state index contributed by atoms with van der Waals surface area (Å²) in [4.78, 5) is 42.3. The van der Waals surface area contributed by atoms with Crippen LogP contribution in [0.1, 0.15) is 31.2 Å².